The van der Waals surface area contributed by atoms with Gasteiger partial charge in [-0.2, -0.15) is 26.3 Å². The first kappa shape index (κ1) is 23.7. The summed E-state index contributed by atoms with van der Waals surface area (Å²) in [5.41, 5.74) is -3.13. The van der Waals surface area contributed by atoms with Crippen LogP contribution in [0.3, 0.4) is 0 Å². The molecule has 0 spiro atoms. The molecule has 0 unspecified atom stereocenters. The first-order chi connectivity index (χ1) is 14.5. The maximum absolute atomic E-state index is 14.3. The largest absolute Gasteiger partial charge is 0.449 e. The zero-order valence-corrected chi connectivity index (χ0v) is 16.9. The number of imidazole rings is 1. The monoisotopic (exact) mass is 484 g/mol. The van der Waals surface area contributed by atoms with E-state index in [1.54, 1.807) is 0 Å². The molecule has 0 atom stereocenters. The second-order valence-corrected chi connectivity index (χ2v) is 8.83. The molecule has 0 aliphatic carbocycles. The smallest absolute Gasteiger partial charge is 0.334 e. The Morgan fingerprint density at radius 2 is 1.44 bits per heavy atom. The van der Waals surface area contributed by atoms with Crippen LogP contribution in [0.2, 0.25) is 0 Å². The molecule has 0 radical (unpaired) electrons. The molecular formula is C19H12F8N2O2S. The summed E-state index contributed by atoms with van der Waals surface area (Å²) in [5.74, 6) is -4.68. The second-order valence-electron chi connectivity index (χ2n) is 6.88. The van der Waals surface area contributed by atoms with Crippen molar-refractivity contribution in [2.24, 2.45) is 0 Å². The van der Waals surface area contributed by atoms with Gasteiger partial charge in [-0.05, 0) is 36.8 Å². The van der Waals surface area contributed by atoms with Gasteiger partial charge in [0.2, 0.25) is 5.82 Å². The van der Waals surface area contributed by atoms with Crippen molar-refractivity contribution in [3.63, 3.8) is 0 Å². The Hall–Kier alpha value is -2.96. The molecule has 1 aromatic heterocycles. The molecular weight excluding hydrogens is 472 g/mol. The number of aromatic amines is 1. The molecule has 0 amide bonds. The maximum Gasteiger partial charge on any atom is 0.449 e. The van der Waals surface area contributed by atoms with Crippen LogP contribution in [0.25, 0.3) is 22.5 Å². The number of hydrogen-bond acceptors (Lipinski definition) is 3. The summed E-state index contributed by atoms with van der Waals surface area (Å²) in [6, 6.07) is 3.44. The van der Waals surface area contributed by atoms with Crippen molar-refractivity contribution in [3.05, 3.63) is 58.9 Å². The zero-order valence-electron chi connectivity index (χ0n) is 16.1. The van der Waals surface area contributed by atoms with Gasteiger partial charge in [-0.25, -0.2) is 22.2 Å². The van der Waals surface area contributed by atoms with Crippen molar-refractivity contribution in [2.45, 2.75) is 24.2 Å². The van der Waals surface area contributed by atoms with E-state index >= 15 is 0 Å². The molecule has 172 valence electrons. The van der Waals surface area contributed by atoms with Gasteiger partial charge in [0.05, 0.1) is 17.0 Å². The van der Waals surface area contributed by atoms with Crippen LogP contribution in [-0.4, -0.2) is 24.6 Å². The molecule has 3 aromatic rings. The third-order valence-electron chi connectivity index (χ3n) is 4.44. The number of halogens is 8. The molecule has 4 nitrogen and oxygen atoms in total. The van der Waals surface area contributed by atoms with E-state index in [1.807, 2.05) is 4.98 Å². The predicted octanol–water partition coefficient (Wildman–Crippen LogP) is 5.77. The van der Waals surface area contributed by atoms with Gasteiger partial charge in [0.1, 0.15) is 16.5 Å². The summed E-state index contributed by atoms with van der Waals surface area (Å²) in [7, 11) is -4.33. The lowest BCUT2D eigenvalue weighted by atomic mass is 10.00. The van der Waals surface area contributed by atoms with Gasteiger partial charge in [0.25, 0.3) is 0 Å². The molecule has 32 heavy (non-hydrogen) atoms. The highest BCUT2D eigenvalue weighted by atomic mass is 32.2. The Balaban J connectivity index is 2.27. The van der Waals surface area contributed by atoms with Gasteiger partial charge < -0.3 is 4.98 Å². The summed E-state index contributed by atoms with van der Waals surface area (Å²) < 4.78 is 130. The van der Waals surface area contributed by atoms with E-state index in [1.165, 1.54) is 0 Å². The number of rotatable bonds is 3. The second kappa shape index (κ2) is 7.57. The van der Waals surface area contributed by atoms with E-state index < -0.39 is 67.1 Å². The lowest BCUT2D eigenvalue weighted by Gasteiger charge is -2.12. The van der Waals surface area contributed by atoms with Crippen molar-refractivity contribution < 1.29 is 43.5 Å². The fraction of sp³-hybridized carbons (Fsp3) is 0.211. The van der Waals surface area contributed by atoms with Crippen molar-refractivity contribution in [1.82, 2.24) is 9.97 Å². The van der Waals surface area contributed by atoms with E-state index in [4.69, 9.17) is 0 Å². The zero-order chi connectivity index (χ0) is 24.2. The third kappa shape index (κ3) is 4.47. The van der Waals surface area contributed by atoms with Crippen LogP contribution in [0.5, 0.6) is 0 Å². The van der Waals surface area contributed by atoms with Crippen LogP contribution < -0.4 is 0 Å². The maximum atomic E-state index is 14.3. The van der Waals surface area contributed by atoms with Crippen LogP contribution in [0.1, 0.15) is 17.0 Å². The standard InChI is InChI=1S/C19H12F8N2O2S/c1-8-5-9(3-4-11(8)18(22,23)24)14-15(29-17(28-14)19(25,26)27)10-6-12(20)16(13(21)7-10)32(2,30)31/h3-7H,1-2H3,(H,28,29). The summed E-state index contributed by atoms with van der Waals surface area (Å²) in [5, 5.41) is 0. The van der Waals surface area contributed by atoms with Crippen LogP contribution in [0, 0.1) is 18.6 Å². The van der Waals surface area contributed by atoms with Crippen molar-refractivity contribution in [3.8, 4) is 22.5 Å². The number of nitrogens with zero attached hydrogens (tertiary/aromatic N) is 1. The summed E-state index contributed by atoms with van der Waals surface area (Å²) in [6.45, 7) is 1.09. The first-order valence-corrected chi connectivity index (χ1v) is 10.4. The van der Waals surface area contributed by atoms with E-state index in [9.17, 15) is 43.5 Å². The number of nitrogens with one attached hydrogen (secondary N) is 1. The average Bonchev–Trinajstić information content (AvgIpc) is 3.04. The molecule has 0 aliphatic heterocycles. The van der Waals surface area contributed by atoms with Gasteiger partial charge >= 0.3 is 12.4 Å². The summed E-state index contributed by atoms with van der Waals surface area (Å²) >= 11 is 0. The van der Waals surface area contributed by atoms with Gasteiger partial charge in [0.15, 0.2) is 9.84 Å². The van der Waals surface area contributed by atoms with E-state index in [0.29, 0.717) is 24.5 Å². The highest BCUT2D eigenvalue weighted by Crippen LogP contribution is 2.39. The molecule has 0 bridgehead atoms. The van der Waals surface area contributed by atoms with Gasteiger partial charge in [-0.1, -0.05) is 6.07 Å². The number of hydrogen-bond donors (Lipinski definition) is 1. The van der Waals surface area contributed by atoms with E-state index in [0.717, 1.165) is 19.1 Å². The van der Waals surface area contributed by atoms with Gasteiger partial charge in [-0.3, -0.25) is 0 Å². The molecule has 0 saturated carbocycles. The topological polar surface area (TPSA) is 62.8 Å². The number of aryl methyl sites for hydroxylation is 1. The molecule has 0 saturated heterocycles. The van der Waals surface area contributed by atoms with Crippen molar-refractivity contribution in [2.75, 3.05) is 6.26 Å². The average molecular weight is 484 g/mol. The molecule has 1 N–H and O–H groups in total. The van der Waals surface area contributed by atoms with E-state index in [-0.39, 0.29) is 11.1 Å². The van der Waals surface area contributed by atoms with Crippen molar-refractivity contribution in [1.29, 1.82) is 0 Å². The molecule has 0 fully saturated rings. The Morgan fingerprint density at radius 1 is 0.875 bits per heavy atom. The van der Waals surface area contributed by atoms with Crippen LogP contribution in [0.4, 0.5) is 35.1 Å². The molecule has 0 aliphatic rings. The highest BCUT2D eigenvalue weighted by Gasteiger charge is 2.37. The van der Waals surface area contributed by atoms with Crippen LogP contribution >= 0.6 is 0 Å². The predicted molar refractivity (Wildman–Crippen MR) is 97.2 cm³/mol. The third-order valence-corrected chi connectivity index (χ3v) is 5.57. The number of benzene rings is 2. The number of sulfone groups is 1. The lowest BCUT2D eigenvalue weighted by molar-refractivity contribution is -0.144. The first-order valence-electron chi connectivity index (χ1n) is 8.55. The minimum Gasteiger partial charge on any atom is -0.334 e. The normalized spacial score (nSPS) is 12.9. The SMILES string of the molecule is Cc1cc(-c2[nH]c(C(F)(F)F)nc2-c2cc(F)c(S(C)(=O)=O)c(F)c2)ccc1C(F)(F)F. The highest BCUT2D eigenvalue weighted by molar-refractivity contribution is 7.90. The van der Waals surface area contributed by atoms with Crippen molar-refractivity contribution >= 4 is 9.84 Å². The molecule has 3 rings (SSSR count). The fourth-order valence-corrected chi connectivity index (χ4v) is 3.94. The van der Waals surface area contributed by atoms with Gasteiger partial charge in [-0.15, -0.1) is 0 Å². The van der Waals surface area contributed by atoms with E-state index in [2.05, 4.69) is 4.98 Å². The summed E-state index contributed by atoms with van der Waals surface area (Å²) in [6.07, 6.45) is -9.18. The Labute approximate surface area is 175 Å². The molecule has 2 aromatic carbocycles. The Kier molecular flexibility index (Phi) is 5.61. The van der Waals surface area contributed by atoms with Gasteiger partial charge in [0, 0.05) is 17.4 Å². The Bertz CT molecular complexity index is 1280. The summed E-state index contributed by atoms with van der Waals surface area (Å²) in [4.78, 5) is 3.96. The minimum absolute atomic E-state index is 0.165. The molecule has 13 heteroatoms. The quantitative estimate of drug-likeness (QED) is 0.480. The van der Waals surface area contributed by atoms with Crippen LogP contribution in [0.15, 0.2) is 35.2 Å². The number of alkyl halides is 6. The van der Waals surface area contributed by atoms with Crippen LogP contribution in [-0.2, 0) is 22.2 Å². The number of aromatic nitrogens is 2. The lowest BCUT2D eigenvalue weighted by Crippen LogP contribution is -2.07. The fourth-order valence-electron chi connectivity index (χ4n) is 3.11. The minimum atomic E-state index is -5.02. The molecule has 1 heterocycles. The Morgan fingerprint density at radius 3 is 1.88 bits per heavy atom. The number of H-pyrrole nitrogens is 1.